The first kappa shape index (κ1) is 12.0. The summed E-state index contributed by atoms with van der Waals surface area (Å²) in [6.07, 6.45) is -0.0546. The molecule has 0 amide bonds. The van der Waals surface area contributed by atoms with E-state index >= 15 is 0 Å². The Bertz CT molecular complexity index is 607. The van der Waals surface area contributed by atoms with Gasteiger partial charge in [0.1, 0.15) is 0 Å². The zero-order chi connectivity index (χ0) is 13.4. The van der Waals surface area contributed by atoms with E-state index < -0.39 is 6.10 Å². The fourth-order valence-corrected chi connectivity index (χ4v) is 2.29. The Labute approximate surface area is 111 Å². The third-order valence-electron chi connectivity index (χ3n) is 3.28. The van der Waals surface area contributed by atoms with Crippen LogP contribution in [0.5, 0.6) is 11.5 Å². The van der Waals surface area contributed by atoms with Crippen molar-refractivity contribution in [3.05, 3.63) is 41.2 Å². The van der Waals surface area contributed by atoms with Gasteiger partial charge in [-0.3, -0.25) is 4.68 Å². The van der Waals surface area contributed by atoms with Gasteiger partial charge in [-0.25, -0.2) is 0 Å². The molecule has 0 saturated carbocycles. The summed E-state index contributed by atoms with van der Waals surface area (Å²) < 4.78 is 12.4. The van der Waals surface area contributed by atoms with Crippen molar-refractivity contribution >= 4 is 0 Å². The van der Waals surface area contributed by atoms with E-state index in [-0.39, 0.29) is 6.79 Å². The molecule has 100 valence electrons. The molecule has 5 heteroatoms. The number of hydrogen-bond donors (Lipinski definition) is 1. The SMILES string of the molecule is Cc1cc(CC(O)c2ccc3c(c2)OCO3)n(C)n1. The van der Waals surface area contributed by atoms with Crippen LogP contribution < -0.4 is 9.47 Å². The van der Waals surface area contributed by atoms with Crippen molar-refractivity contribution in [1.82, 2.24) is 9.78 Å². The Morgan fingerprint density at radius 1 is 1.32 bits per heavy atom. The van der Waals surface area contributed by atoms with Crippen molar-refractivity contribution < 1.29 is 14.6 Å². The third-order valence-corrected chi connectivity index (χ3v) is 3.28. The average molecular weight is 260 g/mol. The zero-order valence-electron chi connectivity index (χ0n) is 11.0. The summed E-state index contributed by atoms with van der Waals surface area (Å²) in [7, 11) is 1.88. The topological polar surface area (TPSA) is 56.5 Å². The summed E-state index contributed by atoms with van der Waals surface area (Å²) in [6.45, 7) is 2.19. The van der Waals surface area contributed by atoms with Gasteiger partial charge in [0.05, 0.1) is 11.8 Å². The predicted molar refractivity (Wildman–Crippen MR) is 69.2 cm³/mol. The fourth-order valence-electron chi connectivity index (χ4n) is 2.29. The summed E-state index contributed by atoms with van der Waals surface area (Å²) >= 11 is 0. The lowest BCUT2D eigenvalue weighted by Crippen LogP contribution is -2.06. The molecule has 5 nitrogen and oxygen atoms in total. The highest BCUT2D eigenvalue weighted by Gasteiger charge is 2.17. The Morgan fingerprint density at radius 2 is 2.11 bits per heavy atom. The molecule has 0 saturated heterocycles. The van der Waals surface area contributed by atoms with Gasteiger partial charge in [-0.15, -0.1) is 0 Å². The molecule has 1 aromatic carbocycles. The molecular formula is C14H16N2O3. The van der Waals surface area contributed by atoms with Crippen molar-refractivity contribution in [3.8, 4) is 11.5 Å². The van der Waals surface area contributed by atoms with Crippen LogP contribution in [0.4, 0.5) is 0 Å². The van der Waals surface area contributed by atoms with Crippen LogP contribution in [-0.2, 0) is 13.5 Å². The minimum Gasteiger partial charge on any atom is -0.454 e. The summed E-state index contributed by atoms with van der Waals surface area (Å²) in [5.74, 6) is 1.42. The predicted octanol–water partition coefficient (Wildman–Crippen LogP) is 1.73. The molecule has 0 aliphatic carbocycles. The Balaban J connectivity index is 1.80. The lowest BCUT2D eigenvalue weighted by atomic mass is 10.0. The summed E-state index contributed by atoms with van der Waals surface area (Å²) in [4.78, 5) is 0. The number of benzene rings is 1. The van der Waals surface area contributed by atoms with Crippen molar-refractivity contribution in [1.29, 1.82) is 0 Å². The Hall–Kier alpha value is -2.01. The number of aliphatic hydroxyl groups excluding tert-OH is 1. The van der Waals surface area contributed by atoms with E-state index in [0.717, 1.165) is 22.7 Å². The zero-order valence-corrected chi connectivity index (χ0v) is 11.0. The molecule has 2 heterocycles. The minimum atomic E-state index is -0.579. The standard InChI is InChI=1S/C14H16N2O3/c1-9-5-11(16(2)15-9)7-12(17)10-3-4-13-14(6-10)19-8-18-13/h3-6,12,17H,7-8H2,1-2H3. The van der Waals surface area contributed by atoms with Crippen molar-refractivity contribution in [2.75, 3.05) is 6.79 Å². The van der Waals surface area contributed by atoms with Gasteiger partial charge in [0, 0.05) is 19.2 Å². The molecule has 1 aromatic heterocycles. The average Bonchev–Trinajstić information content (AvgIpc) is 2.95. The number of aryl methyl sites for hydroxylation is 2. The van der Waals surface area contributed by atoms with E-state index in [1.807, 2.05) is 38.2 Å². The quantitative estimate of drug-likeness (QED) is 0.913. The maximum Gasteiger partial charge on any atom is 0.231 e. The smallest absolute Gasteiger partial charge is 0.231 e. The number of rotatable bonds is 3. The van der Waals surface area contributed by atoms with E-state index in [1.54, 1.807) is 4.68 Å². The van der Waals surface area contributed by atoms with E-state index in [1.165, 1.54) is 0 Å². The molecule has 2 aromatic rings. The highest BCUT2D eigenvalue weighted by molar-refractivity contribution is 5.45. The van der Waals surface area contributed by atoms with Crippen LogP contribution in [0.25, 0.3) is 0 Å². The van der Waals surface area contributed by atoms with Crippen molar-refractivity contribution in [3.63, 3.8) is 0 Å². The van der Waals surface area contributed by atoms with Crippen molar-refractivity contribution in [2.45, 2.75) is 19.4 Å². The van der Waals surface area contributed by atoms with Crippen LogP contribution in [0.3, 0.4) is 0 Å². The first-order chi connectivity index (χ1) is 9.13. The molecular weight excluding hydrogens is 244 g/mol. The number of ether oxygens (including phenoxy) is 2. The van der Waals surface area contributed by atoms with Crippen LogP contribution >= 0.6 is 0 Å². The molecule has 1 N–H and O–H groups in total. The highest BCUT2D eigenvalue weighted by atomic mass is 16.7. The number of fused-ring (bicyclic) bond motifs is 1. The molecule has 1 unspecified atom stereocenters. The largest absolute Gasteiger partial charge is 0.454 e. The van der Waals surface area contributed by atoms with Crippen LogP contribution in [0, 0.1) is 6.92 Å². The highest BCUT2D eigenvalue weighted by Crippen LogP contribution is 2.34. The van der Waals surface area contributed by atoms with E-state index in [2.05, 4.69) is 5.10 Å². The van der Waals surface area contributed by atoms with Crippen molar-refractivity contribution in [2.24, 2.45) is 7.05 Å². The lowest BCUT2D eigenvalue weighted by Gasteiger charge is -2.11. The molecule has 0 fully saturated rings. The summed E-state index contributed by atoms with van der Waals surface area (Å²) in [5.41, 5.74) is 2.78. The first-order valence-electron chi connectivity index (χ1n) is 6.20. The molecule has 0 spiro atoms. The van der Waals surface area contributed by atoms with Gasteiger partial charge >= 0.3 is 0 Å². The van der Waals surface area contributed by atoms with E-state index in [0.29, 0.717) is 12.2 Å². The molecule has 0 bridgehead atoms. The minimum absolute atomic E-state index is 0.246. The van der Waals surface area contributed by atoms with E-state index in [4.69, 9.17) is 9.47 Å². The van der Waals surface area contributed by atoms with Crippen LogP contribution in [0.2, 0.25) is 0 Å². The fraction of sp³-hybridized carbons (Fsp3) is 0.357. The van der Waals surface area contributed by atoms with Crippen LogP contribution in [0.1, 0.15) is 23.1 Å². The molecule has 19 heavy (non-hydrogen) atoms. The molecule has 1 atom stereocenters. The molecule has 0 radical (unpaired) electrons. The van der Waals surface area contributed by atoms with Gasteiger partial charge in [0.25, 0.3) is 0 Å². The van der Waals surface area contributed by atoms with Gasteiger partial charge < -0.3 is 14.6 Å². The number of nitrogens with zero attached hydrogens (tertiary/aromatic N) is 2. The summed E-state index contributed by atoms with van der Waals surface area (Å²) in [6, 6.07) is 7.50. The molecule has 3 rings (SSSR count). The number of aromatic nitrogens is 2. The number of hydrogen-bond acceptors (Lipinski definition) is 4. The second-order valence-electron chi connectivity index (χ2n) is 4.73. The summed E-state index contributed by atoms with van der Waals surface area (Å²) in [5, 5.41) is 14.6. The lowest BCUT2D eigenvalue weighted by molar-refractivity contribution is 0.170. The second kappa shape index (κ2) is 4.59. The Kier molecular flexibility index (Phi) is 2.91. The van der Waals surface area contributed by atoms with Gasteiger partial charge in [0.2, 0.25) is 6.79 Å². The maximum absolute atomic E-state index is 10.3. The van der Waals surface area contributed by atoms with E-state index in [9.17, 15) is 5.11 Å². The van der Waals surface area contributed by atoms with Gasteiger partial charge in [-0.2, -0.15) is 5.10 Å². The second-order valence-corrected chi connectivity index (χ2v) is 4.73. The molecule has 1 aliphatic heterocycles. The van der Waals surface area contributed by atoms with Gasteiger partial charge in [-0.1, -0.05) is 6.07 Å². The van der Waals surface area contributed by atoms with Crippen LogP contribution in [-0.4, -0.2) is 21.7 Å². The number of aliphatic hydroxyl groups is 1. The van der Waals surface area contributed by atoms with Gasteiger partial charge in [0.15, 0.2) is 11.5 Å². The maximum atomic E-state index is 10.3. The normalized spacial score (nSPS) is 14.7. The Morgan fingerprint density at radius 3 is 2.84 bits per heavy atom. The monoisotopic (exact) mass is 260 g/mol. The van der Waals surface area contributed by atoms with Gasteiger partial charge in [-0.05, 0) is 30.7 Å². The van der Waals surface area contributed by atoms with Crippen LogP contribution in [0.15, 0.2) is 24.3 Å². The molecule has 1 aliphatic rings. The third kappa shape index (κ3) is 2.29. The first-order valence-corrected chi connectivity index (χ1v) is 6.20.